The molecule has 0 saturated heterocycles. The number of anilines is 1. The largest absolute Gasteiger partial charge is 0.508 e. The fourth-order valence-electron chi connectivity index (χ4n) is 1.19. The average molecular weight is 263 g/mol. The third kappa shape index (κ3) is 5.05. The van der Waals surface area contributed by atoms with Crippen LogP contribution in [0.4, 0.5) is 18.9 Å². The summed E-state index contributed by atoms with van der Waals surface area (Å²) in [6.07, 6.45) is -4.45. The average Bonchev–Trinajstić information content (AvgIpc) is 2.21. The third-order valence-electron chi connectivity index (χ3n) is 1.98. The fraction of sp³-hybridized carbons (Fsp3) is 0.364. The molecule has 0 aromatic heterocycles. The van der Waals surface area contributed by atoms with Crippen molar-refractivity contribution in [3.63, 3.8) is 0 Å². The summed E-state index contributed by atoms with van der Waals surface area (Å²) in [6, 6.07) is 4.31. The Morgan fingerprint density at radius 1 is 1.44 bits per heavy atom. The number of phenolic OH excluding ortho intramolecular Hbond substituents is 1. The molecule has 0 saturated carbocycles. The normalized spacial score (nSPS) is 11.3. The van der Waals surface area contributed by atoms with Crippen molar-refractivity contribution in [3.05, 3.63) is 23.8 Å². The number of aryl methyl sites for hydroxylation is 1. The summed E-state index contributed by atoms with van der Waals surface area (Å²) in [5, 5.41) is 11.6. The van der Waals surface area contributed by atoms with Crippen molar-refractivity contribution in [1.29, 1.82) is 0 Å². The first kappa shape index (κ1) is 14.3. The highest BCUT2D eigenvalue weighted by atomic mass is 19.4. The molecule has 0 atom stereocenters. The predicted octanol–water partition coefficient (Wildman–Crippen LogP) is 2.22. The summed E-state index contributed by atoms with van der Waals surface area (Å²) in [6.45, 7) is -0.514. The summed E-state index contributed by atoms with van der Waals surface area (Å²) in [5.74, 6) is -0.620. The molecule has 0 fully saturated rings. The summed E-state index contributed by atoms with van der Waals surface area (Å²) in [7, 11) is 0. The number of carbonyl (C=O) groups excluding carboxylic acids is 1. The number of nitrogens with one attached hydrogen (secondary N) is 1. The van der Waals surface area contributed by atoms with E-state index in [-0.39, 0.29) is 5.75 Å². The molecule has 1 rings (SSSR count). The Morgan fingerprint density at radius 3 is 2.67 bits per heavy atom. The van der Waals surface area contributed by atoms with E-state index in [1.54, 1.807) is 6.92 Å². The number of ether oxygens (including phenoxy) is 1. The van der Waals surface area contributed by atoms with Crippen molar-refractivity contribution >= 4 is 11.6 Å². The molecule has 0 heterocycles. The monoisotopic (exact) mass is 263 g/mol. The quantitative estimate of drug-likeness (QED) is 0.819. The van der Waals surface area contributed by atoms with Crippen LogP contribution in [0.3, 0.4) is 0 Å². The van der Waals surface area contributed by atoms with Gasteiger partial charge in [-0.1, -0.05) is 0 Å². The van der Waals surface area contributed by atoms with Gasteiger partial charge < -0.3 is 15.2 Å². The Kier molecular flexibility index (Phi) is 4.55. The zero-order valence-corrected chi connectivity index (χ0v) is 9.54. The maximum Gasteiger partial charge on any atom is 0.411 e. The van der Waals surface area contributed by atoms with E-state index in [0.29, 0.717) is 11.3 Å². The zero-order valence-electron chi connectivity index (χ0n) is 9.54. The molecule has 0 aliphatic heterocycles. The highest BCUT2D eigenvalue weighted by molar-refractivity contribution is 5.91. The first-order valence-electron chi connectivity index (χ1n) is 5.02. The van der Waals surface area contributed by atoms with Gasteiger partial charge in [-0.15, -0.1) is 0 Å². The van der Waals surface area contributed by atoms with Gasteiger partial charge in [0.15, 0.2) is 0 Å². The van der Waals surface area contributed by atoms with Gasteiger partial charge in [-0.05, 0) is 30.7 Å². The number of phenols is 1. The minimum Gasteiger partial charge on any atom is -0.508 e. The number of amides is 1. The van der Waals surface area contributed by atoms with Crippen molar-refractivity contribution in [2.24, 2.45) is 0 Å². The van der Waals surface area contributed by atoms with Crippen LogP contribution < -0.4 is 5.32 Å². The van der Waals surface area contributed by atoms with Crippen molar-refractivity contribution in [2.45, 2.75) is 13.1 Å². The Morgan fingerprint density at radius 2 is 2.11 bits per heavy atom. The smallest absolute Gasteiger partial charge is 0.411 e. The molecule has 1 amide bonds. The molecule has 0 unspecified atom stereocenters. The standard InChI is InChI=1S/C11H12F3NO3/c1-7-4-8(2-3-9(7)16)15-10(17)5-18-6-11(12,13)14/h2-4,16H,5-6H2,1H3,(H,15,17). The SMILES string of the molecule is Cc1cc(NC(=O)COCC(F)(F)F)ccc1O. The van der Waals surface area contributed by atoms with Gasteiger partial charge in [-0.3, -0.25) is 4.79 Å². The predicted molar refractivity (Wildman–Crippen MR) is 58.3 cm³/mol. The number of halogens is 3. The van der Waals surface area contributed by atoms with E-state index in [0.717, 1.165) is 0 Å². The molecule has 0 aliphatic carbocycles. The maximum atomic E-state index is 11.7. The van der Waals surface area contributed by atoms with E-state index in [4.69, 9.17) is 0 Å². The summed E-state index contributed by atoms with van der Waals surface area (Å²) >= 11 is 0. The lowest BCUT2D eigenvalue weighted by Gasteiger charge is -2.09. The number of benzene rings is 1. The molecule has 7 heteroatoms. The van der Waals surface area contributed by atoms with Gasteiger partial charge in [0.2, 0.25) is 5.91 Å². The first-order chi connectivity index (χ1) is 8.28. The Balaban J connectivity index is 2.42. The van der Waals surface area contributed by atoms with Gasteiger partial charge in [-0.25, -0.2) is 0 Å². The van der Waals surface area contributed by atoms with E-state index in [1.807, 2.05) is 0 Å². The van der Waals surface area contributed by atoms with E-state index >= 15 is 0 Å². The van der Waals surface area contributed by atoms with Crippen LogP contribution in [0.5, 0.6) is 5.75 Å². The Bertz CT molecular complexity index is 432. The van der Waals surface area contributed by atoms with Crippen LogP contribution in [0.15, 0.2) is 18.2 Å². The molecule has 0 bridgehead atoms. The Hall–Kier alpha value is -1.76. The molecule has 2 N–H and O–H groups in total. The summed E-state index contributed by atoms with van der Waals surface area (Å²) in [4.78, 5) is 11.2. The minimum atomic E-state index is -4.45. The van der Waals surface area contributed by atoms with Crippen LogP contribution in [0.25, 0.3) is 0 Å². The Labute approximate surface area is 101 Å². The number of rotatable bonds is 4. The molecule has 18 heavy (non-hydrogen) atoms. The van der Waals surface area contributed by atoms with Crippen LogP contribution in [0.2, 0.25) is 0 Å². The van der Waals surface area contributed by atoms with Crippen LogP contribution in [0.1, 0.15) is 5.56 Å². The molecular weight excluding hydrogens is 251 g/mol. The number of hydrogen-bond donors (Lipinski definition) is 2. The van der Waals surface area contributed by atoms with Gasteiger partial charge in [-0.2, -0.15) is 13.2 Å². The maximum absolute atomic E-state index is 11.7. The fourth-order valence-corrected chi connectivity index (χ4v) is 1.19. The molecule has 1 aromatic rings. The van der Waals surface area contributed by atoms with Gasteiger partial charge >= 0.3 is 6.18 Å². The highest BCUT2D eigenvalue weighted by Crippen LogP contribution is 2.20. The summed E-state index contributed by atoms with van der Waals surface area (Å²) < 4.78 is 39.4. The lowest BCUT2D eigenvalue weighted by Crippen LogP contribution is -2.23. The van der Waals surface area contributed by atoms with E-state index in [9.17, 15) is 23.1 Å². The van der Waals surface area contributed by atoms with Gasteiger partial charge in [0.25, 0.3) is 0 Å². The number of carbonyl (C=O) groups is 1. The zero-order chi connectivity index (χ0) is 13.8. The van der Waals surface area contributed by atoms with Crippen molar-refractivity contribution in [1.82, 2.24) is 0 Å². The molecule has 0 aliphatic rings. The van der Waals surface area contributed by atoms with Crippen molar-refractivity contribution < 1.29 is 27.8 Å². The molecule has 0 spiro atoms. The van der Waals surface area contributed by atoms with Gasteiger partial charge in [0.05, 0.1) is 0 Å². The van der Waals surface area contributed by atoms with Crippen molar-refractivity contribution in [2.75, 3.05) is 18.5 Å². The lowest BCUT2D eigenvalue weighted by atomic mass is 10.2. The minimum absolute atomic E-state index is 0.0707. The first-order valence-corrected chi connectivity index (χ1v) is 5.02. The van der Waals surface area contributed by atoms with E-state index < -0.39 is 25.3 Å². The van der Waals surface area contributed by atoms with Crippen LogP contribution >= 0.6 is 0 Å². The molecule has 0 radical (unpaired) electrons. The second-order valence-corrected chi connectivity index (χ2v) is 3.66. The topological polar surface area (TPSA) is 58.6 Å². The second-order valence-electron chi connectivity index (χ2n) is 3.66. The number of hydrogen-bond acceptors (Lipinski definition) is 3. The third-order valence-corrected chi connectivity index (χ3v) is 1.98. The molecule has 4 nitrogen and oxygen atoms in total. The second kappa shape index (κ2) is 5.72. The number of aromatic hydroxyl groups is 1. The van der Waals surface area contributed by atoms with Crippen LogP contribution in [-0.4, -0.2) is 30.4 Å². The summed E-state index contributed by atoms with van der Waals surface area (Å²) in [5.41, 5.74) is 0.926. The van der Waals surface area contributed by atoms with Crippen LogP contribution in [-0.2, 0) is 9.53 Å². The van der Waals surface area contributed by atoms with Crippen LogP contribution in [0, 0.1) is 6.92 Å². The molecule has 100 valence electrons. The highest BCUT2D eigenvalue weighted by Gasteiger charge is 2.27. The van der Waals surface area contributed by atoms with Gasteiger partial charge in [0.1, 0.15) is 19.0 Å². The number of alkyl halides is 3. The molecule has 1 aromatic carbocycles. The van der Waals surface area contributed by atoms with Gasteiger partial charge in [0, 0.05) is 5.69 Å². The lowest BCUT2D eigenvalue weighted by molar-refractivity contribution is -0.174. The molecular formula is C11H12F3NO3. The van der Waals surface area contributed by atoms with Crippen molar-refractivity contribution in [3.8, 4) is 5.75 Å². The van der Waals surface area contributed by atoms with E-state index in [2.05, 4.69) is 10.1 Å². The van der Waals surface area contributed by atoms with E-state index in [1.165, 1.54) is 18.2 Å².